The lowest BCUT2D eigenvalue weighted by atomic mass is 9.99. The van der Waals surface area contributed by atoms with E-state index in [-0.39, 0.29) is 0 Å². The molecule has 4 nitrogen and oxygen atoms in total. The molecule has 2 aromatic heterocycles. The van der Waals surface area contributed by atoms with E-state index in [1.165, 1.54) is 0 Å². The van der Waals surface area contributed by atoms with Crippen molar-refractivity contribution in [3.05, 3.63) is 46.0 Å². The zero-order chi connectivity index (χ0) is 14.7. The van der Waals surface area contributed by atoms with Crippen LogP contribution in [0.1, 0.15) is 42.5 Å². The first-order valence-corrected chi connectivity index (χ1v) is 7.27. The van der Waals surface area contributed by atoms with Gasteiger partial charge in [-0.15, -0.1) is 0 Å². The van der Waals surface area contributed by atoms with Gasteiger partial charge >= 0.3 is 0 Å². The summed E-state index contributed by atoms with van der Waals surface area (Å²) in [4.78, 5) is 4.10. The summed E-state index contributed by atoms with van der Waals surface area (Å²) in [5.74, 6) is 0. The normalized spacial score (nSPS) is 12.7. The first-order valence-electron chi connectivity index (χ1n) is 6.89. The zero-order valence-electron chi connectivity index (χ0n) is 12.1. The highest BCUT2D eigenvalue weighted by Crippen LogP contribution is 2.27. The molecule has 0 aromatic carbocycles. The second-order valence-electron chi connectivity index (χ2n) is 4.83. The molecule has 20 heavy (non-hydrogen) atoms. The second-order valence-corrected chi connectivity index (χ2v) is 5.21. The van der Waals surface area contributed by atoms with Gasteiger partial charge in [-0.05, 0) is 30.0 Å². The van der Waals surface area contributed by atoms with Crippen LogP contribution in [0.5, 0.6) is 0 Å². The zero-order valence-corrected chi connectivity index (χ0v) is 12.9. The lowest BCUT2D eigenvalue weighted by molar-refractivity contribution is 0.174. The average molecular weight is 294 g/mol. The predicted octanol–water partition coefficient (Wildman–Crippen LogP) is 2.87. The molecule has 0 spiro atoms. The average Bonchev–Trinajstić information content (AvgIpc) is 2.74. The van der Waals surface area contributed by atoms with Gasteiger partial charge in [-0.25, -0.2) is 0 Å². The van der Waals surface area contributed by atoms with Crippen LogP contribution in [0.4, 0.5) is 0 Å². The van der Waals surface area contributed by atoms with Gasteiger partial charge in [0.15, 0.2) is 0 Å². The molecule has 2 rings (SSSR count). The number of aryl methyl sites for hydroxylation is 3. The van der Waals surface area contributed by atoms with E-state index >= 15 is 0 Å². The molecule has 0 aliphatic rings. The minimum atomic E-state index is -0.592. The topological polar surface area (TPSA) is 50.9 Å². The van der Waals surface area contributed by atoms with Crippen LogP contribution in [0.2, 0.25) is 5.02 Å². The number of nitrogens with zero attached hydrogens (tertiary/aromatic N) is 3. The van der Waals surface area contributed by atoms with E-state index in [0.717, 1.165) is 35.4 Å². The smallest absolute Gasteiger partial charge is 0.0850 e. The molecule has 2 heterocycles. The fraction of sp³-hybridized carbons (Fsp3) is 0.467. The maximum absolute atomic E-state index is 10.5. The van der Waals surface area contributed by atoms with Crippen molar-refractivity contribution in [3.63, 3.8) is 0 Å². The summed E-state index contributed by atoms with van der Waals surface area (Å²) in [6, 6.07) is 1.87. The monoisotopic (exact) mass is 293 g/mol. The number of pyridine rings is 1. The van der Waals surface area contributed by atoms with Crippen molar-refractivity contribution in [3.8, 4) is 0 Å². The highest BCUT2D eigenvalue weighted by molar-refractivity contribution is 6.31. The Kier molecular flexibility index (Phi) is 4.78. The van der Waals surface area contributed by atoms with Crippen LogP contribution in [0, 0.1) is 0 Å². The van der Waals surface area contributed by atoms with E-state index in [2.05, 4.69) is 17.0 Å². The molecule has 0 aliphatic heterocycles. The largest absolute Gasteiger partial charge is 0.388 e. The minimum absolute atomic E-state index is 0.458. The first kappa shape index (κ1) is 15.0. The lowest BCUT2D eigenvalue weighted by Gasteiger charge is -2.14. The van der Waals surface area contributed by atoms with Crippen molar-refractivity contribution in [1.82, 2.24) is 14.8 Å². The molecule has 0 bridgehead atoms. The van der Waals surface area contributed by atoms with Crippen molar-refractivity contribution in [2.75, 3.05) is 0 Å². The van der Waals surface area contributed by atoms with Crippen LogP contribution in [0.25, 0.3) is 0 Å². The number of aliphatic hydroxyl groups excluding tert-OH is 1. The highest BCUT2D eigenvalue weighted by Gasteiger charge is 2.19. The van der Waals surface area contributed by atoms with Gasteiger partial charge in [-0.2, -0.15) is 5.10 Å². The van der Waals surface area contributed by atoms with E-state index in [9.17, 15) is 5.11 Å². The molecule has 0 fully saturated rings. The molecule has 1 N–H and O–H groups in total. The molecule has 0 radical (unpaired) electrons. The van der Waals surface area contributed by atoms with Gasteiger partial charge in [0.1, 0.15) is 0 Å². The van der Waals surface area contributed by atoms with Crippen LogP contribution in [-0.2, 0) is 26.3 Å². The Morgan fingerprint density at radius 3 is 2.70 bits per heavy atom. The molecular weight excluding hydrogens is 274 g/mol. The van der Waals surface area contributed by atoms with Crippen LogP contribution in [0.15, 0.2) is 18.5 Å². The van der Waals surface area contributed by atoms with Crippen LogP contribution >= 0.6 is 11.6 Å². The standard InChI is InChI=1S/C15H20ClN3O/c1-4-10-9-17-7-6-11(10)14(20)8-13-15(16)12(5-2)18-19(13)3/h6-7,9,14,20H,4-5,8H2,1-3H3. The third-order valence-electron chi connectivity index (χ3n) is 3.57. The van der Waals surface area contributed by atoms with Gasteiger partial charge in [-0.3, -0.25) is 9.67 Å². The van der Waals surface area contributed by atoms with Gasteiger partial charge < -0.3 is 5.11 Å². The summed E-state index contributed by atoms with van der Waals surface area (Å²) in [6.45, 7) is 4.08. The Morgan fingerprint density at radius 1 is 1.35 bits per heavy atom. The number of halogens is 1. The minimum Gasteiger partial charge on any atom is -0.388 e. The Bertz CT molecular complexity index is 595. The third kappa shape index (κ3) is 2.86. The Morgan fingerprint density at radius 2 is 2.10 bits per heavy atom. The SMILES string of the molecule is CCc1cnccc1C(O)Cc1c(Cl)c(CC)nn1C. The molecule has 0 saturated heterocycles. The molecule has 0 saturated carbocycles. The number of rotatable bonds is 5. The molecule has 1 unspecified atom stereocenters. The van der Waals surface area contributed by atoms with E-state index in [1.807, 2.05) is 20.0 Å². The summed E-state index contributed by atoms with van der Waals surface area (Å²) in [7, 11) is 1.86. The van der Waals surface area contributed by atoms with Crippen molar-refractivity contribution in [2.24, 2.45) is 7.05 Å². The number of hydrogen-bond donors (Lipinski definition) is 1. The van der Waals surface area contributed by atoms with Gasteiger partial charge in [0.05, 0.1) is 22.5 Å². The predicted molar refractivity (Wildman–Crippen MR) is 79.9 cm³/mol. The van der Waals surface area contributed by atoms with Crippen LogP contribution in [0.3, 0.4) is 0 Å². The van der Waals surface area contributed by atoms with E-state index in [1.54, 1.807) is 17.1 Å². The van der Waals surface area contributed by atoms with E-state index in [0.29, 0.717) is 11.4 Å². The molecule has 0 amide bonds. The van der Waals surface area contributed by atoms with Gasteiger partial charge in [0.25, 0.3) is 0 Å². The van der Waals surface area contributed by atoms with Crippen LogP contribution in [-0.4, -0.2) is 19.9 Å². The molecule has 0 aliphatic carbocycles. The third-order valence-corrected chi connectivity index (χ3v) is 4.01. The fourth-order valence-corrected chi connectivity index (χ4v) is 2.76. The van der Waals surface area contributed by atoms with Crippen molar-refractivity contribution < 1.29 is 5.11 Å². The van der Waals surface area contributed by atoms with E-state index in [4.69, 9.17) is 11.6 Å². The molecule has 1 atom stereocenters. The number of aromatic nitrogens is 3. The first-order chi connectivity index (χ1) is 9.58. The molecule has 2 aromatic rings. The van der Waals surface area contributed by atoms with Gasteiger partial charge in [-0.1, -0.05) is 25.4 Å². The number of aliphatic hydroxyl groups is 1. The molecule has 108 valence electrons. The maximum Gasteiger partial charge on any atom is 0.0850 e. The quantitative estimate of drug-likeness (QED) is 0.922. The Labute approximate surface area is 124 Å². The fourth-order valence-electron chi connectivity index (χ4n) is 2.39. The molecule has 5 heteroatoms. The summed E-state index contributed by atoms with van der Waals surface area (Å²) in [6.07, 6.45) is 5.02. The summed E-state index contributed by atoms with van der Waals surface area (Å²) in [5.41, 5.74) is 3.73. The summed E-state index contributed by atoms with van der Waals surface area (Å²) >= 11 is 6.33. The highest BCUT2D eigenvalue weighted by atomic mass is 35.5. The van der Waals surface area contributed by atoms with Crippen molar-refractivity contribution >= 4 is 11.6 Å². The van der Waals surface area contributed by atoms with E-state index < -0.39 is 6.10 Å². The van der Waals surface area contributed by atoms with Crippen LogP contribution < -0.4 is 0 Å². The van der Waals surface area contributed by atoms with Gasteiger partial charge in [0, 0.05) is 25.9 Å². The molecular formula is C15H20ClN3O. The summed E-state index contributed by atoms with van der Waals surface area (Å²) < 4.78 is 1.76. The maximum atomic E-state index is 10.5. The second kappa shape index (κ2) is 6.37. The lowest BCUT2D eigenvalue weighted by Crippen LogP contribution is -2.09. The Balaban J connectivity index is 2.28. The van der Waals surface area contributed by atoms with Crippen molar-refractivity contribution in [1.29, 1.82) is 0 Å². The summed E-state index contributed by atoms with van der Waals surface area (Å²) in [5, 5.41) is 15.5. The Hall–Kier alpha value is -1.39. The van der Waals surface area contributed by atoms with Gasteiger partial charge in [0.2, 0.25) is 0 Å². The number of hydrogen-bond acceptors (Lipinski definition) is 3. The van der Waals surface area contributed by atoms with Crippen molar-refractivity contribution in [2.45, 2.75) is 39.2 Å².